The summed E-state index contributed by atoms with van der Waals surface area (Å²) in [6.45, 7) is 0. The molecule has 0 radical (unpaired) electrons. The van der Waals surface area contributed by atoms with Crippen molar-refractivity contribution < 1.29 is 19.8 Å². The molecule has 1 aromatic heterocycles. The third-order valence-electron chi connectivity index (χ3n) is 2.58. The van der Waals surface area contributed by atoms with Gasteiger partial charge in [-0.1, -0.05) is 0 Å². The van der Waals surface area contributed by atoms with E-state index in [0.29, 0.717) is 12.8 Å². The molecule has 0 spiro atoms. The largest absolute Gasteiger partial charge is 0.504 e. The van der Waals surface area contributed by atoms with E-state index in [2.05, 4.69) is 15.6 Å². The predicted molar refractivity (Wildman–Crippen MR) is 57.7 cm³/mol. The number of anilines is 1. The molecule has 2 rings (SSSR count). The van der Waals surface area contributed by atoms with Crippen molar-refractivity contribution in [3.05, 3.63) is 18.5 Å². The zero-order valence-corrected chi connectivity index (χ0v) is 8.80. The fraction of sp³-hybridized carbons (Fsp3) is 0.300. The predicted octanol–water partition coefficient (Wildman–Crippen LogP) is 0.526. The second kappa shape index (κ2) is 3.93. The first-order valence-electron chi connectivity index (χ1n) is 4.99. The summed E-state index contributed by atoms with van der Waals surface area (Å²) in [6, 6.07) is 1.43. The van der Waals surface area contributed by atoms with Crippen molar-refractivity contribution in [2.45, 2.75) is 18.4 Å². The number of hydrogen-bond acceptors (Lipinski definition) is 4. The third kappa shape index (κ3) is 2.27. The van der Waals surface area contributed by atoms with Gasteiger partial charge in [0, 0.05) is 6.20 Å². The van der Waals surface area contributed by atoms with Gasteiger partial charge in [-0.2, -0.15) is 0 Å². The van der Waals surface area contributed by atoms with E-state index in [1.54, 1.807) is 0 Å². The maximum absolute atomic E-state index is 11.8. The Balaban J connectivity index is 2.08. The average molecular weight is 237 g/mol. The van der Waals surface area contributed by atoms with Gasteiger partial charge >= 0.3 is 6.09 Å². The first-order chi connectivity index (χ1) is 8.03. The number of hydrogen-bond donors (Lipinski definition) is 4. The molecular formula is C10H11N3O4. The van der Waals surface area contributed by atoms with E-state index >= 15 is 0 Å². The van der Waals surface area contributed by atoms with Crippen LogP contribution in [-0.2, 0) is 4.79 Å². The van der Waals surface area contributed by atoms with Crippen LogP contribution in [0, 0.1) is 0 Å². The maximum Gasteiger partial charge on any atom is 0.405 e. The van der Waals surface area contributed by atoms with Crippen LogP contribution >= 0.6 is 0 Å². The Kier molecular flexibility index (Phi) is 2.58. The van der Waals surface area contributed by atoms with Gasteiger partial charge in [0.15, 0.2) is 5.75 Å². The van der Waals surface area contributed by atoms with Crippen molar-refractivity contribution in [2.24, 2.45) is 0 Å². The van der Waals surface area contributed by atoms with Crippen LogP contribution in [0.15, 0.2) is 18.5 Å². The van der Waals surface area contributed by atoms with Gasteiger partial charge < -0.3 is 20.8 Å². The minimum absolute atomic E-state index is 0.160. The van der Waals surface area contributed by atoms with Crippen LogP contribution in [0.3, 0.4) is 0 Å². The second-order valence-electron chi connectivity index (χ2n) is 3.86. The SMILES string of the molecule is O=C(O)NC1(C(=O)Nc2ccncc2O)CC1. The summed E-state index contributed by atoms with van der Waals surface area (Å²) in [4.78, 5) is 26.0. The van der Waals surface area contributed by atoms with Crippen LogP contribution in [0.25, 0.3) is 0 Å². The number of nitrogens with zero attached hydrogens (tertiary/aromatic N) is 1. The van der Waals surface area contributed by atoms with Crippen LogP contribution in [0.5, 0.6) is 5.75 Å². The van der Waals surface area contributed by atoms with Crippen molar-refractivity contribution >= 4 is 17.7 Å². The molecule has 1 aliphatic rings. The van der Waals surface area contributed by atoms with E-state index in [1.807, 2.05) is 0 Å². The quantitative estimate of drug-likeness (QED) is 0.612. The van der Waals surface area contributed by atoms with E-state index < -0.39 is 17.5 Å². The van der Waals surface area contributed by atoms with Gasteiger partial charge in [0.05, 0.1) is 11.9 Å². The molecule has 0 unspecified atom stereocenters. The molecule has 90 valence electrons. The zero-order valence-electron chi connectivity index (χ0n) is 8.80. The lowest BCUT2D eigenvalue weighted by Gasteiger charge is -2.15. The minimum Gasteiger partial charge on any atom is -0.504 e. The summed E-state index contributed by atoms with van der Waals surface area (Å²) >= 11 is 0. The number of pyridine rings is 1. The Morgan fingerprint density at radius 1 is 1.41 bits per heavy atom. The minimum atomic E-state index is -1.24. The van der Waals surface area contributed by atoms with Crippen LogP contribution < -0.4 is 10.6 Å². The van der Waals surface area contributed by atoms with E-state index in [9.17, 15) is 14.7 Å². The maximum atomic E-state index is 11.8. The standard InChI is InChI=1S/C10H11N3O4/c14-7-5-11-4-1-6(7)12-8(15)10(2-3-10)13-9(16)17/h1,4-5,13-14H,2-3H2,(H,16,17)(H,11,12,15). The fourth-order valence-electron chi connectivity index (χ4n) is 1.47. The van der Waals surface area contributed by atoms with Crippen molar-refractivity contribution in [2.75, 3.05) is 5.32 Å². The molecule has 1 aliphatic carbocycles. The van der Waals surface area contributed by atoms with E-state index in [-0.39, 0.29) is 11.4 Å². The van der Waals surface area contributed by atoms with Crippen LogP contribution in [0.1, 0.15) is 12.8 Å². The lowest BCUT2D eigenvalue weighted by atomic mass is 10.2. The van der Waals surface area contributed by atoms with Gasteiger partial charge in [-0.05, 0) is 18.9 Å². The van der Waals surface area contributed by atoms with Crippen molar-refractivity contribution in [3.8, 4) is 5.75 Å². The smallest absolute Gasteiger partial charge is 0.405 e. The Morgan fingerprint density at radius 2 is 2.12 bits per heavy atom. The highest BCUT2D eigenvalue weighted by molar-refractivity contribution is 6.02. The zero-order chi connectivity index (χ0) is 12.5. The molecule has 0 saturated heterocycles. The molecule has 7 nitrogen and oxygen atoms in total. The summed E-state index contributed by atoms with van der Waals surface area (Å²) in [6.07, 6.45) is 2.28. The molecule has 1 fully saturated rings. The molecule has 0 aliphatic heterocycles. The summed E-state index contributed by atoms with van der Waals surface area (Å²) in [7, 11) is 0. The molecule has 7 heteroatoms. The average Bonchev–Trinajstić information content (AvgIpc) is 3.01. The van der Waals surface area contributed by atoms with Crippen molar-refractivity contribution in [1.82, 2.24) is 10.3 Å². The van der Waals surface area contributed by atoms with Crippen molar-refractivity contribution in [1.29, 1.82) is 0 Å². The molecule has 2 amide bonds. The van der Waals surface area contributed by atoms with Gasteiger partial charge in [-0.25, -0.2) is 4.79 Å². The Morgan fingerprint density at radius 3 is 2.65 bits per heavy atom. The molecule has 1 saturated carbocycles. The number of carbonyl (C=O) groups excluding carboxylic acids is 1. The monoisotopic (exact) mass is 237 g/mol. The third-order valence-corrected chi connectivity index (χ3v) is 2.58. The highest BCUT2D eigenvalue weighted by Gasteiger charge is 2.51. The van der Waals surface area contributed by atoms with Crippen LogP contribution in [-0.4, -0.2) is 32.7 Å². The fourth-order valence-corrected chi connectivity index (χ4v) is 1.47. The van der Waals surface area contributed by atoms with Gasteiger partial charge in [0.1, 0.15) is 5.54 Å². The molecular weight excluding hydrogens is 226 g/mol. The molecule has 0 atom stereocenters. The summed E-state index contributed by atoms with van der Waals surface area (Å²) < 4.78 is 0. The first-order valence-corrected chi connectivity index (χ1v) is 4.99. The number of amides is 2. The topological polar surface area (TPSA) is 112 Å². The van der Waals surface area contributed by atoms with E-state index in [0.717, 1.165) is 0 Å². The number of rotatable bonds is 3. The van der Waals surface area contributed by atoms with E-state index in [4.69, 9.17) is 5.11 Å². The van der Waals surface area contributed by atoms with Gasteiger partial charge in [0.2, 0.25) is 5.91 Å². The van der Waals surface area contributed by atoms with Crippen LogP contribution in [0.2, 0.25) is 0 Å². The van der Waals surface area contributed by atoms with Crippen LogP contribution in [0.4, 0.5) is 10.5 Å². The van der Waals surface area contributed by atoms with Gasteiger partial charge in [-0.15, -0.1) is 0 Å². The lowest BCUT2D eigenvalue weighted by molar-refractivity contribution is -0.119. The van der Waals surface area contributed by atoms with Gasteiger partial charge in [-0.3, -0.25) is 9.78 Å². The number of nitrogens with one attached hydrogen (secondary N) is 2. The van der Waals surface area contributed by atoms with Crippen molar-refractivity contribution in [3.63, 3.8) is 0 Å². The highest BCUT2D eigenvalue weighted by Crippen LogP contribution is 2.37. The lowest BCUT2D eigenvalue weighted by Crippen LogP contribution is -2.45. The Hall–Kier alpha value is -2.31. The summed E-state index contributed by atoms with van der Waals surface area (Å²) in [5.41, 5.74) is -0.842. The number of aromatic hydroxyl groups is 1. The molecule has 0 aromatic carbocycles. The number of carbonyl (C=O) groups is 2. The number of aromatic nitrogens is 1. The normalized spacial score (nSPS) is 16.0. The summed E-state index contributed by atoms with van der Waals surface area (Å²) in [5.74, 6) is -0.631. The number of carboxylic acid groups (broad SMARTS) is 1. The molecule has 1 heterocycles. The Bertz CT molecular complexity index is 470. The first kappa shape index (κ1) is 11.2. The van der Waals surface area contributed by atoms with E-state index in [1.165, 1.54) is 18.5 Å². The molecule has 17 heavy (non-hydrogen) atoms. The summed E-state index contributed by atoms with van der Waals surface area (Å²) in [5, 5.41) is 22.7. The second-order valence-corrected chi connectivity index (χ2v) is 3.86. The van der Waals surface area contributed by atoms with Gasteiger partial charge in [0.25, 0.3) is 0 Å². The Labute approximate surface area is 96.5 Å². The molecule has 0 bridgehead atoms. The highest BCUT2D eigenvalue weighted by atomic mass is 16.4. The molecule has 4 N–H and O–H groups in total. The molecule has 1 aromatic rings.